The zero-order valence-corrected chi connectivity index (χ0v) is 16.5. The summed E-state index contributed by atoms with van der Waals surface area (Å²) in [6, 6.07) is 18.1. The lowest BCUT2D eigenvalue weighted by atomic mass is 10.2. The van der Waals surface area contributed by atoms with Crippen molar-refractivity contribution in [1.82, 2.24) is 25.1 Å². The molecule has 140 valence electrons. The largest absolute Gasteiger partial charge is 0.369 e. The smallest absolute Gasteiger partial charge is 0.214 e. The molecule has 1 aromatic heterocycles. The van der Waals surface area contributed by atoms with Gasteiger partial charge in [0.1, 0.15) is 0 Å². The summed E-state index contributed by atoms with van der Waals surface area (Å²) in [4.78, 5) is 4.89. The highest BCUT2D eigenvalue weighted by Crippen LogP contribution is 2.22. The van der Waals surface area contributed by atoms with E-state index in [4.69, 9.17) is 11.6 Å². The van der Waals surface area contributed by atoms with Gasteiger partial charge >= 0.3 is 0 Å². The van der Waals surface area contributed by atoms with Crippen LogP contribution in [0.15, 0.2) is 59.8 Å². The van der Waals surface area contributed by atoms with Crippen LogP contribution in [0.2, 0.25) is 5.02 Å². The van der Waals surface area contributed by atoms with Gasteiger partial charge in [0.2, 0.25) is 5.16 Å². The van der Waals surface area contributed by atoms with E-state index in [0.717, 1.165) is 54.3 Å². The van der Waals surface area contributed by atoms with Crippen molar-refractivity contribution in [3.63, 3.8) is 0 Å². The third-order valence-electron chi connectivity index (χ3n) is 4.63. The minimum atomic E-state index is 0.794. The fraction of sp³-hybridized carbons (Fsp3) is 0.316. The quantitative estimate of drug-likeness (QED) is 0.592. The van der Waals surface area contributed by atoms with Crippen molar-refractivity contribution in [3.8, 4) is 5.69 Å². The van der Waals surface area contributed by atoms with Gasteiger partial charge in [-0.05, 0) is 40.8 Å². The number of thioether (sulfide) groups is 1. The highest BCUT2D eigenvalue weighted by Gasteiger charge is 2.17. The van der Waals surface area contributed by atoms with E-state index in [1.165, 1.54) is 5.69 Å². The normalized spacial score (nSPS) is 15.2. The lowest BCUT2D eigenvalue weighted by molar-refractivity contribution is 0.273. The van der Waals surface area contributed by atoms with Gasteiger partial charge in [-0.1, -0.05) is 47.6 Å². The van der Waals surface area contributed by atoms with E-state index in [0.29, 0.717) is 0 Å². The zero-order valence-electron chi connectivity index (χ0n) is 14.9. The third kappa shape index (κ3) is 4.61. The number of hydrogen-bond acceptors (Lipinski definition) is 6. The Balaban J connectivity index is 1.26. The van der Waals surface area contributed by atoms with Gasteiger partial charge in [-0.25, -0.2) is 0 Å². The Morgan fingerprint density at radius 3 is 2.48 bits per heavy atom. The molecular formula is C19H21ClN6S. The first-order valence-electron chi connectivity index (χ1n) is 8.99. The molecule has 27 heavy (non-hydrogen) atoms. The molecule has 3 aromatic rings. The predicted octanol–water partition coefficient (Wildman–Crippen LogP) is 3.23. The number of tetrazole rings is 1. The van der Waals surface area contributed by atoms with Crippen LogP contribution < -0.4 is 4.90 Å². The van der Waals surface area contributed by atoms with Crippen molar-refractivity contribution in [2.24, 2.45) is 0 Å². The molecule has 6 nitrogen and oxygen atoms in total. The molecule has 0 saturated carbocycles. The SMILES string of the molecule is Clc1cccc(N2CCN(CCSc3nnnn3-c3ccccc3)CC2)c1. The first-order chi connectivity index (χ1) is 13.3. The van der Waals surface area contributed by atoms with Crippen molar-refractivity contribution in [2.45, 2.75) is 5.16 Å². The number of hydrogen-bond donors (Lipinski definition) is 0. The Morgan fingerprint density at radius 2 is 1.70 bits per heavy atom. The van der Waals surface area contributed by atoms with Crippen LogP contribution in [0.5, 0.6) is 0 Å². The summed E-state index contributed by atoms with van der Waals surface area (Å²) >= 11 is 7.80. The van der Waals surface area contributed by atoms with Crippen molar-refractivity contribution in [1.29, 1.82) is 0 Å². The van der Waals surface area contributed by atoms with Gasteiger partial charge in [0.15, 0.2) is 0 Å². The number of halogens is 1. The minimum absolute atomic E-state index is 0.794. The first-order valence-corrected chi connectivity index (χ1v) is 10.4. The zero-order chi connectivity index (χ0) is 18.5. The Bertz CT molecular complexity index is 863. The molecule has 0 aliphatic carbocycles. The van der Waals surface area contributed by atoms with E-state index in [9.17, 15) is 0 Å². The fourth-order valence-electron chi connectivity index (χ4n) is 3.17. The molecule has 0 spiro atoms. The molecule has 0 unspecified atom stereocenters. The van der Waals surface area contributed by atoms with Gasteiger partial charge in [-0.15, -0.1) is 5.10 Å². The average molecular weight is 401 g/mol. The number of nitrogens with zero attached hydrogens (tertiary/aromatic N) is 6. The summed E-state index contributed by atoms with van der Waals surface area (Å²) in [5.41, 5.74) is 2.19. The molecule has 1 fully saturated rings. The number of benzene rings is 2. The molecule has 4 rings (SSSR count). The summed E-state index contributed by atoms with van der Waals surface area (Å²) in [6.07, 6.45) is 0. The molecular weight excluding hydrogens is 380 g/mol. The lowest BCUT2D eigenvalue weighted by Crippen LogP contribution is -2.47. The molecule has 1 saturated heterocycles. The molecule has 8 heteroatoms. The van der Waals surface area contributed by atoms with E-state index >= 15 is 0 Å². The third-order valence-corrected chi connectivity index (χ3v) is 5.76. The van der Waals surface area contributed by atoms with Crippen LogP contribution in [0.25, 0.3) is 5.69 Å². The van der Waals surface area contributed by atoms with Crippen LogP contribution in [0.1, 0.15) is 0 Å². The molecule has 0 radical (unpaired) electrons. The Morgan fingerprint density at radius 1 is 0.926 bits per heavy atom. The lowest BCUT2D eigenvalue weighted by Gasteiger charge is -2.36. The second-order valence-corrected chi connectivity index (χ2v) is 7.86. The topological polar surface area (TPSA) is 50.1 Å². The van der Waals surface area contributed by atoms with E-state index in [1.54, 1.807) is 16.4 Å². The van der Waals surface area contributed by atoms with Gasteiger partial charge in [-0.3, -0.25) is 4.90 Å². The number of para-hydroxylation sites is 1. The Hall–Kier alpha value is -2.09. The maximum absolute atomic E-state index is 6.11. The van der Waals surface area contributed by atoms with Crippen molar-refractivity contribution in [3.05, 3.63) is 59.6 Å². The second-order valence-electron chi connectivity index (χ2n) is 6.37. The monoisotopic (exact) mass is 400 g/mol. The van der Waals surface area contributed by atoms with Crippen LogP contribution >= 0.6 is 23.4 Å². The van der Waals surface area contributed by atoms with Crippen LogP contribution in [0.4, 0.5) is 5.69 Å². The Labute approximate surface area is 168 Å². The number of anilines is 1. The number of rotatable bonds is 6. The predicted molar refractivity (Wildman–Crippen MR) is 110 cm³/mol. The molecule has 2 aromatic carbocycles. The maximum atomic E-state index is 6.11. The number of piperazine rings is 1. The second kappa shape index (κ2) is 8.73. The maximum Gasteiger partial charge on any atom is 0.214 e. The molecule has 0 N–H and O–H groups in total. The van der Waals surface area contributed by atoms with Crippen molar-refractivity contribution >= 4 is 29.1 Å². The van der Waals surface area contributed by atoms with Gasteiger partial charge < -0.3 is 4.90 Å². The molecule has 0 bridgehead atoms. The molecule has 1 aliphatic rings. The van der Waals surface area contributed by atoms with Crippen molar-refractivity contribution in [2.75, 3.05) is 43.4 Å². The van der Waals surface area contributed by atoms with E-state index < -0.39 is 0 Å². The summed E-state index contributed by atoms with van der Waals surface area (Å²) < 4.78 is 1.79. The molecule has 2 heterocycles. The summed E-state index contributed by atoms with van der Waals surface area (Å²) in [5.74, 6) is 0.963. The molecule has 0 atom stereocenters. The highest BCUT2D eigenvalue weighted by molar-refractivity contribution is 7.99. The van der Waals surface area contributed by atoms with Gasteiger partial charge in [-0.2, -0.15) is 4.68 Å². The van der Waals surface area contributed by atoms with Crippen molar-refractivity contribution < 1.29 is 0 Å². The highest BCUT2D eigenvalue weighted by atomic mass is 35.5. The average Bonchev–Trinajstić information content (AvgIpc) is 3.18. The van der Waals surface area contributed by atoms with Crippen LogP contribution in [0.3, 0.4) is 0 Å². The Kier molecular flexibility index (Phi) is 5.91. The molecule has 0 amide bonds. The van der Waals surface area contributed by atoms with Crippen LogP contribution in [0, 0.1) is 0 Å². The fourth-order valence-corrected chi connectivity index (χ4v) is 4.24. The number of aromatic nitrogens is 4. The van der Waals surface area contributed by atoms with E-state index in [-0.39, 0.29) is 0 Å². The van der Waals surface area contributed by atoms with E-state index in [2.05, 4.69) is 31.4 Å². The molecule has 1 aliphatic heterocycles. The van der Waals surface area contributed by atoms with Gasteiger partial charge in [0.25, 0.3) is 0 Å². The first kappa shape index (κ1) is 18.3. The summed E-state index contributed by atoms with van der Waals surface area (Å²) in [5, 5.41) is 13.7. The van der Waals surface area contributed by atoms with Crippen LogP contribution in [-0.4, -0.2) is 63.6 Å². The summed E-state index contributed by atoms with van der Waals surface area (Å²) in [7, 11) is 0. The summed E-state index contributed by atoms with van der Waals surface area (Å²) in [6.45, 7) is 5.17. The van der Waals surface area contributed by atoms with E-state index in [1.807, 2.05) is 48.5 Å². The van der Waals surface area contributed by atoms with Crippen LogP contribution in [-0.2, 0) is 0 Å². The standard InChI is InChI=1S/C19H21ClN6S/c20-16-5-4-8-18(15-16)25-11-9-24(10-12-25)13-14-27-19-21-22-23-26(19)17-6-2-1-3-7-17/h1-8,15H,9-14H2. The van der Waals surface area contributed by atoms with Gasteiger partial charge in [0.05, 0.1) is 5.69 Å². The minimum Gasteiger partial charge on any atom is -0.369 e. The van der Waals surface area contributed by atoms with Gasteiger partial charge in [0, 0.05) is 49.2 Å².